The van der Waals surface area contributed by atoms with E-state index in [0.717, 1.165) is 39.1 Å². The third-order valence-corrected chi connectivity index (χ3v) is 4.37. The van der Waals surface area contributed by atoms with E-state index in [0.29, 0.717) is 12.6 Å². The molecule has 3 heterocycles. The molecular weight excluding hydrogens is 256 g/mol. The van der Waals surface area contributed by atoms with Gasteiger partial charge in [-0.15, -0.1) is 0 Å². The average molecular weight is 278 g/mol. The zero-order chi connectivity index (χ0) is 13.9. The summed E-state index contributed by atoms with van der Waals surface area (Å²) in [5.41, 5.74) is 1.28. The van der Waals surface area contributed by atoms with Crippen molar-refractivity contribution in [3.05, 3.63) is 24.0 Å². The number of nitrogens with zero attached hydrogens (tertiary/aromatic N) is 2. The summed E-state index contributed by atoms with van der Waals surface area (Å²) in [6, 6.07) is 4.51. The molecule has 2 aliphatic rings. The molecule has 0 amide bonds. The first-order valence-electron chi connectivity index (χ1n) is 7.35. The number of hydrogen-bond acceptors (Lipinski definition) is 4. The van der Waals surface area contributed by atoms with Gasteiger partial charge in [-0.25, -0.2) is 0 Å². The fourth-order valence-corrected chi connectivity index (χ4v) is 3.12. The number of aryl methyl sites for hydroxylation is 1. The standard InChI is InChI=1S/C15H22N2O3/c1-16-6-2-3-13(16)14-11-19-10-8-17(14)7-4-12-5-9-20-15(12)18/h2-3,6,12,14H,4-5,7-11H2,1H3. The van der Waals surface area contributed by atoms with E-state index in [1.807, 2.05) is 0 Å². The van der Waals surface area contributed by atoms with Crippen LogP contribution < -0.4 is 0 Å². The summed E-state index contributed by atoms with van der Waals surface area (Å²) in [7, 11) is 2.07. The first-order chi connectivity index (χ1) is 9.75. The molecule has 1 aromatic heterocycles. The van der Waals surface area contributed by atoms with E-state index >= 15 is 0 Å². The third kappa shape index (κ3) is 2.74. The molecule has 3 rings (SSSR count). The van der Waals surface area contributed by atoms with Gasteiger partial charge >= 0.3 is 5.97 Å². The molecule has 5 heteroatoms. The van der Waals surface area contributed by atoms with Crippen molar-refractivity contribution in [1.29, 1.82) is 0 Å². The van der Waals surface area contributed by atoms with Crippen LogP contribution >= 0.6 is 0 Å². The van der Waals surface area contributed by atoms with Gasteiger partial charge in [-0.3, -0.25) is 9.69 Å². The van der Waals surface area contributed by atoms with Crippen LogP contribution in [0.25, 0.3) is 0 Å². The summed E-state index contributed by atoms with van der Waals surface area (Å²) >= 11 is 0. The van der Waals surface area contributed by atoms with Crippen LogP contribution in [0.1, 0.15) is 24.6 Å². The molecule has 2 aliphatic heterocycles. The molecular formula is C15H22N2O3. The summed E-state index contributed by atoms with van der Waals surface area (Å²) in [6.07, 6.45) is 3.83. The minimum atomic E-state index is -0.0197. The Morgan fingerprint density at radius 2 is 2.30 bits per heavy atom. The molecule has 2 saturated heterocycles. The monoisotopic (exact) mass is 278 g/mol. The van der Waals surface area contributed by atoms with Crippen LogP contribution in [0.5, 0.6) is 0 Å². The van der Waals surface area contributed by atoms with Gasteiger partial charge in [0.05, 0.1) is 31.8 Å². The van der Waals surface area contributed by atoms with Gasteiger partial charge in [-0.2, -0.15) is 0 Å². The molecule has 2 atom stereocenters. The number of hydrogen-bond donors (Lipinski definition) is 0. The smallest absolute Gasteiger partial charge is 0.309 e. The predicted octanol–water partition coefficient (Wildman–Crippen LogP) is 1.35. The van der Waals surface area contributed by atoms with E-state index in [2.05, 4.69) is 34.8 Å². The van der Waals surface area contributed by atoms with Crippen LogP contribution in [0, 0.1) is 5.92 Å². The number of ether oxygens (including phenoxy) is 2. The Morgan fingerprint density at radius 1 is 1.40 bits per heavy atom. The van der Waals surface area contributed by atoms with E-state index in [1.54, 1.807) is 0 Å². The fourth-order valence-electron chi connectivity index (χ4n) is 3.12. The highest BCUT2D eigenvalue weighted by Crippen LogP contribution is 2.26. The van der Waals surface area contributed by atoms with Gasteiger partial charge in [0.1, 0.15) is 0 Å². The van der Waals surface area contributed by atoms with Gasteiger partial charge < -0.3 is 14.0 Å². The Bertz CT molecular complexity index is 471. The molecule has 0 saturated carbocycles. The maximum absolute atomic E-state index is 11.5. The Balaban J connectivity index is 1.63. The first kappa shape index (κ1) is 13.6. The first-order valence-corrected chi connectivity index (χ1v) is 7.35. The zero-order valence-corrected chi connectivity index (χ0v) is 12.0. The molecule has 5 nitrogen and oxygen atoms in total. The van der Waals surface area contributed by atoms with Gasteiger partial charge in [0, 0.05) is 25.5 Å². The molecule has 2 fully saturated rings. The molecule has 110 valence electrons. The molecule has 0 aliphatic carbocycles. The number of carbonyl (C=O) groups excluding carboxylic acids is 1. The van der Waals surface area contributed by atoms with Gasteiger partial charge in [0.25, 0.3) is 0 Å². The van der Waals surface area contributed by atoms with Crippen LogP contribution in [0.4, 0.5) is 0 Å². The lowest BCUT2D eigenvalue weighted by molar-refractivity contribution is -0.141. The van der Waals surface area contributed by atoms with Crippen molar-refractivity contribution >= 4 is 5.97 Å². The van der Waals surface area contributed by atoms with Crippen LogP contribution in [0.2, 0.25) is 0 Å². The van der Waals surface area contributed by atoms with Gasteiger partial charge in [0.2, 0.25) is 0 Å². The van der Waals surface area contributed by atoms with Gasteiger partial charge in [-0.1, -0.05) is 0 Å². The van der Waals surface area contributed by atoms with Crippen molar-refractivity contribution < 1.29 is 14.3 Å². The largest absolute Gasteiger partial charge is 0.465 e. The van der Waals surface area contributed by atoms with E-state index in [-0.39, 0.29) is 11.9 Å². The molecule has 0 spiro atoms. The molecule has 0 radical (unpaired) electrons. The summed E-state index contributed by atoms with van der Waals surface area (Å²) in [4.78, 5) is 14.0. The molecule has 20 heavy (non-hydrogen) atoms. The maximum atomic E-state index is 11.5. The van der Waals surface area contributed by atoms with Crippen molar-refractivity contribution in [2.75, 3.05) is 32.9 Å². The lowest BCUT2D eigenvalue weighted by Crippen LogP contribution is -2.41. The zero-order valence-electron chi connectivity index (χ0n) is 12.0. The Hall–Kier alpha value is -1.33. The normalized spacial score (nSPS) is 27.8. The van der Waals surface area contributed by atoms with Crippen molar-refractivity contribution in [2.45, 2.75) is 18.9 Å². The Labute approximate surface area is 119 Å². The number of aromatic nitrogens is 1. The lowest BCUT2D eigenvalue weighted by atomic mass is 10.0. The maximum Gasteiger partial charge on any atom is 0.309 e. The third-order valence-electron chi connectivity index (χ3n) is 4.37. The van der Waals surface area contributed by atoms with Gasteiger partial charge in [0.15, 0.2) is 0 Å². The minimum Gasteiger partial charge on any atom is -0.465 e. The Morgan fingerprint density at radius 3 is 3.00 bits per heavy atom. The van der Waals surface area contributed by atoms with Crippen molar-refractivity contribution in [3.8, 4) is 0 Å². The van der Waals surface area contributed by atoms with Crippen molar-refractivity contribution in [1.82, 2.24) is 9.47 Å². The van der Waals surface area contributed by atoms with Crippen LogP contribution in [0.15, 0.2) is 18.3 Å². The molecule has 2 unspecified atom stereocenters. The summed E-state index contributed by atoms with van der Waals surface area (Å²) < 4.78 is 12.8. The molecule has 0 N–H and O–H groups in total. The van der Waals surface area contributed by atoms with Crippen molar-refractivity contribution in [3.63, 3.8) is 0 Å². The van der Waals surface area contributed by atoms with E-state index in [4.69, 9.17) is 9.47 Å². The number of cyclic esters (lactones) is 1. The average Bonchev–Trinajstić information content (AvgIpc) is 3.06. The Kier molecular flexibility index (Phi) is 4.08. The lowest BCUT2D eigenvalue weighted by Gasteiger charge is -2.36. The fraction of sp³-hybridized carbons (Fsp3) is 0.667. The molecule has 1 aromatic rings. The van der Waals surface area contributed by atoms with Gasteiger partial charge in [-0.05, 0) is 31.5 Å². The van der Waals surface area contributed by atoms with Crippen molar-refractivity contribution in [2.24, 2.45) is 13.0 Å². The molecule has 0 bridgehead atoms. The number of rotatable bonds is 4. The van der Waals surface area contributed by atoms with E-state index < -0.39 is 0 Å². The second-order valence-corrected chi connectivity index (χ2v) is 5.61. The second-order valence-electron chi connectivity index (χ2n) is 5.61. The van der Waals surface area contributed by atoms with E-state index in [9.17, 15) is 4.79 Å². The second kappa shape index (κ2) is 5.97. The van der Waals surface area contributed by atoms with Crippen LogP contribution in [0.3, 0.4) is 0 Å². The highest BCUT2D eigenvalue weighted by atomic mass is 16.5. The highest BCUT2D eigenvalue weighted by Gasteiger charge is 2.30. The highest BCUT2D eigenvalue weighted by molar-refractivity contribution is 5.74. The van der Waals surface area contributed by atoms with E-state index in [1.165, 1.54) is 5.69 Å². The summed E-state index contributed by atoms with van der Waals surface area (Å²) in [5, 5.41) is 0. The topological polar surface area (TPSA) is 43.7 Å². The number of carbonyl (C=O) groups is 1. The SMILES string of the molecule is Cn1cccc1C1COCCN1CCC1CCOC1=O. The van der Waals surface area contributed by atoms with Crippen LogP contribution in [-0.2, 0) is 21.3 Å². The number of esters is 1. The number of morpholine rings is 1. The minimum absolute atomic E-state index is 0.0197. The summed E-state index contributed by atoms with van der Waals surface area (Å²) in [6.45, 7) is 3.95. The summed E-state index contributed by atoms with van der Waals surface area (Å²) in [5.74, 6) is 0.0700. The quantitative estimate of drug-likeness (QED) is 0.780. The van der Waals surface area contributed by atoms with Crippen LogP contribution in [-0.4, -0.2) is 48.3 Å². The molecule has 0 aromatic carbocycles. The predicted molar refractivity (Wildman–Crippen MR) is 74.2 cm³/mol.